The van der Waals surface area contributed by atoms with Crippen molar-refractivity contribution < 1.29 is 15.0 Å². The molecule has 0 saturated heterocycles. The molecule has 3 aromatic carbocycles. The van der Waals surface area contributed by atoms with Gasteiger partial charge < -0.3 is 10.2 Å². The number of aromatic hydroxyl groups is 1. The lowest BCUT2D eigenvalue weighted by molar-refractivity contribution is 0.0697. The van der Waals surface area contributed by atoms with Crippen LogP contribution >= 0.6 is 0 Å². The Morgan fingerprint density at radius 2 is 1.58 bits per heavy atom. The van der Waals surface area contributed by atoms with E-state index >= 15 is 0 Å². The van der Waals surface area contributed by atoms with Gasteiger partial charge in [0.2, 0.25) is 0 Å². The van der Waals surface area contributed by atoms with E-state index in [2.05, 4.69) is 15.3 Å². The fourth-order valence-electron chi connectivity index (χ4n) is 3.43. The minimum Gasteiger partial charge on any atom is -0.508 e. The number of carboxylic acids is 1. The Bertz CT molecular complexity index is 1450. The van der Waals surface area contributed by atoms with Crippen molar-refractivity contribution in [2.45, 2.75) is 20.8 Å². The molecule has 0 aliphatic carbocycles. The van der Waals surface area contributed by atoms with Crippen molar-refractivity contribution in [2.24, 2.45) is 10.2 Å². The van der Waals surface area contributed by atoms with Gasteiger partial charge in [0.15, 0.2) is 5.69 Å². The SMILES string of the molecule is Cc1ccc(-n2[nH]c(C)c(N=Nc3cc(-c4ccc(O)cc4)ccc3C(=O)O)c2=O)cc1C. The van der Waals surface area contributed by atoms with Crippen LogP contribution in [0.15, 0.2) is 75.7 Å². The number of phenolic OH excluding ortho intramolecular Hbond substituents is 1. The second kappa shape index (κ2) is 8.58. The largest absolute Gasteiger partial charge is 0.508 e. The molecule has 0 radical (unpaired) electrons. The monoisotopic (exact) mass is 442 g/mol. The second-order valence-corrected chi connectivity index (χ2v) is 7.78. The van der Waals surface area contributed by atoms with Crippen LogP contribution in [0.1, 0.15) is 27.2 Å². The van der Waals surface area contributed by atoms with Gasteiger partial charge in [-0.05, 0) is 79.4 Å². The van der Waals surface area contributed by atoms with Crippen molar-refractivity contribution >= 4 is 17.3 Å². The van der Waals surface area contributed by atoms with E-state index < -0.39 is 5.97 Å². The highest BCUT2D eigenvalue weighted by atomic mass is 16.4. The number of nitrogens with one attached hydrogen (secondary N) is 1. The van der Waals surface area contributed by atoms with Crippen molar-refractivity contribution in [1.29, 1.82) is 0 Å². The van der Waals surface area contributed by atoms with Crippen LogP contribution in [0.2, 0.25) is 0 Å². The smallest absolute Gasteiger partial charge is 0.337 e. The maximum Gasteiger partial charge on any atom is 0.337 e. The first-order chi connectivity index (χ1) is 15.7. The third kappa shape index (κ3) is 4.31. The van der Waals surface area contributed by atoms with Crippen molar-refractivity contribution in [2.75, 3.05) is 0 Å². The Morgan fingerprint density at radius 3 is 2.24 bits per heavy atom. The van der Waals surface area contributed by atoms with Gasteiger partial charge in [0.05, 0.1) is 16.9 Å². The molecule has 166 valence electrons. The minimum atomic E-state index is -1.15. The summed E-state index contributed by atoms with van der Waals surface area (Å²) in [6.45, 7) is 5.67. The number of rotatable bonds is 5. The zero-order chi connectivity index (χ0) is 23.7. The molecule has 4 rings (SSSR count). The number of aromatic amines is 1. The fourth-order valence-corrected chi connectivity index (χ4v) is 3.43. The van der Waals surface area contributed by atoms with E-state index in [0.717, 1.165) is 16.7 Å². The van der Waals surface area contributed by atoms with Gasteiger partial charge in [0, 0.05) is 0 Å². The lowest BCUT2D eigenvalue weighted by Gasteiger charge is -2.06. The number of benzene rings is 3. The third-order valence-corrected chi connectivity index (χ3v) is 5.48. The molecule has 0 atom stereocenters. The first-order valence-electron chi connectivity index (χ1n) is 10.2. The summed E-state index contributed by atoms with van der Waals surface area (Å²) in [6.07, 6.45) is 0. The van der Waals surface area contributed by atoms with E-state index in [4.69, 9.17) is 0 Å². The molecule has 8 heteroatoms. The summed E-state index contributed by atoms with van der Waals surface area (Å²) in [4.78, 5) is 24.7. The van der Waals surface area contributed by atoms with Crippen LogP contribution in [0.25, 0.3) is 16.8 Å². The highest BCUT2D eigenvalue weighted by Gasteiger charge is 2.15. The van der Waals surface area contributed by atoms with E-state index in [1.54, 1.807) is 43.3 Å². The van der Waals surface area contributed by atoms with Gasteiger partial charge in [-0.2, -0.15) is 0 Å². The number of H-pyrrole nitrogens is 1. The summed E-state index contributed by atoms with van der Waals surface area (Å²) in [6, 6.07) is 16.9. The molecule has 0 aliphatic heterocycles. The number of aryl methyl sites for hydroxylation is 3. The number of nitrogens with zero attached hydrogens (tertiary/aromatic N) is 3. The van der Waals surface area contributed by atoms with E-state index in [1.807, 2.05) is 32.0 Å². The van der Waals surface area contributed by atoms with Crippen LogP contribution in [0, 0.1) is 20.8 Å². The van der Waals surface area contributed by atoms with Crippen LogP contribution in [-0.4, -0.2) is 26.0 Å². The van der Waals surface area contributed by atoms with Crippen molar-refractivity contribution in [3.05, 3.63) is 93.4 Å². The highest BCUT2D eigenvalue weighted by molar-refractivity contribution is 5.94. The Hall–Kier alpha value is -4.46. The summed E-state index contributed by atoms with van der Waals surface area (Å²) >= 11 is 0. The molecule has 8 nitrogen and oxygen atoms in total. The van der Waals surface area contributed by atoms with Crippen LogP contribution in [-0.2, 0) is 0 Å². The molecule has 1 heterocycles. The molecular weight excluding hydrogens is 420 g/mol. The average Bonchev–Trinajstić information content (AvgIpc) is 3.07. The molecule has 4 aromatic rings. The third-order valence-electron chi connectivity index (χ3n) is 5.48. The van der Waals surface area contributed by atoms with Crippen LogP contribution in [0.3, 0.4) is 0 Å². The Morgan fingerprint density at radius 1 is 0.879 bits per heavy atom. The van der Waals surface area contributed by atoms with Gasteiger partial charge >= 0.3 is 5.97 Å². The van der Waals surface area contributed by atoms with Crippen molar-refractivity contribution in [1.82, 2.24) is 9.78 Å². The normalized spacial score (nSPS) is 11.2. The summed E-state index contributed by atoms with van der Waals surface area (Å²) in [5.74, 6) is -1.02. The molecule has 0 fully saturated rings. The summed E-state index contributed by atoms with van der Waals surface area (Å²) < 4.78 is 1.39. The zero-order valence-corrected chi connectivity index (χ0v) is 18.3. The number of aromatic nitrogens is 2. The molecule has 0 spiro atoms. The Balaban J connectivity index is 1.75. The summed E-state index contributed by atoms with van der Waals surface area (Å²) in [5, 5.41) is 30.3. The standard InChI is InChI=1S/C25H22N4O4/c1-14-4-8-19(12-15(14)2)29-24(31)23(16(3)28-29)27-26-22-13-18(7-11-21(22)25(32)33)17-5-9-20(30)10-6-17/h4-13,28,30H,1-3H3,(H,32,33). The van der Waals surface area contributed by atoms with Gasteiger partial charge in [-0.3, -0.25) is 9.89 Å². The first kappa shape index (κ1) is 21.8. The second-order valence-electron chi connectivity index (χ2n) is 7.78. The number of carboxylic acid groups (broad SMARTS) is 1. The van der Waals surface area contributed by atoms with Crippen LogP contribution in [0.5, 0.6) is 5.75 Å². The average molecular weight is 442 g/mol. The topological polar surface area (TPSA) is 120 Å². The number of hydrogen-bond donors (Lipinski definition) is 3. The number of hydrogen-bond acceptors (Lipinski definition) is 5. The minimum absolute atomic E-state index is 0.0380. The lowest BCUT2D eigenvalue weighted by Crippen LogP contribution is -2.14. The molecule has 1 aromatic heterocycles. The molecule has 0 aliphatic rings. The van der Waals surface area contributed by atoms with Crippen molar-refractivity contribution in [3.63, 3.8) is 0 Å². The Kier molecular flexibility index (Phi) is 5.66. The van der Waals surface area contributed by atoms with Gasteiger partial charge in [0.1, 0.15) is 11.4 Å². The molecule has 0 bridgehead atoms. The van der Waals surface area contributed by atoms with Gasteiger partial charge in [-0.25, -0.2) is 9.48 Å². The van der Waals surface area contributed by atoms with Gasteiger partial charge in [-0.1, -0.05) is 24.3 Å². The lowest BCUT2D eigenvalue weighted by atomic mass is 10.0. The number of azo groups is 1. The first-order valence-corrected chi connectivity index (χ1v) is 10.2. The summed E-state index contributed by atoms with van der Waals surface area (Å²) in [5.41, 5.74) is 4.61. The van der Waals surface area contributed by atoms with E-state index in [9.17, 15) is 19.8 Å². The van der Waals surface area contributed by atoms with Gasteiger partial charge in [-0.15, -0.1) is 10.2 Å². The highest BCUT2D eigenvalue weighted by Crippen LogP contribution is 2.30. The predicted molar refractivity (Wildman–Crippen MR) is 125 cm³/mol. The number of phenols is 1. The molecular formula is C25H22N4O4. The Labute approximate surface area is 189 Å². The van der Waals surface area contributed by atoms with E-state index in [-0.39, 0.29) is 28.2 Å². The van der Waals surface area contributed by atoms with E-state index in [1.165, 1.54) is 10.7 Å². The predicted octanol–water partition coefficient (Wildman–Crippen LogP) is 5.58. The van der Waals surface area contributed by atoms with E-state index in [0.29, 0.717) is 16.9 Å². The number of carbonyl (C=O) groups is 1. The van der Waals surface area contributed by atoms with Crippen molar-refractivity contribution in [3.8, 4) is 22.6 Å². The maximum absolute atomic E-state index is 13.0. The van der Waals surface area contributed by atoms with Crippen LogP contribution in [0.4, 0.5) is 11.4 Å². The quantitative estimate of drug-likeness (QED) is 0.350. The maximum atomic E-state index is 13.0. The fraction of sp³-hybridized carbons (Fsp3) is 0.120. The zero-order valence-electron chi connectivity index (χ0n) is 18.3. The molecule has 33 heavy (non-hydrogen) atoms. The molecule has 0 amide bonds. The molecule has 0 saturated carbocycles. The summed E-state index contributed by atoms with van der Waals surface area (Å²) in [7, 11) is 0. The number of aromatic carboxylic acids is 1. The molecule has 3 N–H and O–H groups in total. The molecule has 0 unspecified atom stereocenters. The van der Waals surface area contributed by atoms with Crippen LogP contribution < -0.4 is 5.56 Å². The van der Waals surface area contributed by atoms with Gasteiger partial charge in [0.25, 0.3) is 5.56 Å².